The fourth-order valence-corrected chi connectivity index (χ4v) is 0.759. The first-order valence-corrected chi connectivity index (χ1v) is 3.01. The van der Waals surface area contributed by atoms with Gasteiger partial charge < -0.3 is 10.1 Å². The highest BCUT2D eigenvalue weighted by Gasteiger charge is 2.06. The molecule has 9 heavy (non-hydrogen) atoms. The lowest BCUT2D eigenvalue weighted by atomic mass is 10.8. The van der Waals surface area contributed by atoms with Crippen LogP contribution in [0.15, 0.2) is 12.5 Å². The van der Waals surface area contributed by atoms with Crippen LogP contribution in [0.3, 0.4) is 0 Å². The van der Waals surface area contributed by atoms with Gasteiger partial charge in [0.25, 0.3) is 0 Å². The van der Waals surface area contributed by atoms with Gasteiger partial charge in [-0.05, 0) is 9.91 Å². The van der Waals surface area contributed by atoms with E-state index in [1.165, 1.54) is 15.3 Å². The molecule has 0 aromatic carbocycles. The van der Waals surface area contributed by atoms with Gasteiger partial charge in [0.2, 0.25) is 6.33 Å². The molecule has 0 N–H and O–H groups in total. The molecule has 0 saturated carbocycles. The number of halogens is 1. The molecule has 48 valence electrons. The van der Waals surface area contributed by atoms with Gasteiger partial charge in [0.1, 0.15) is 6.20 Å². The summed E-state index contributed by atoms with van der Waals surface area (Å²) < 4.78 is 1.50. The number of aromatic nitrogens is 2. The Kier molecular flexibility index (Phi) is 1.65. The van der Waals surface area contributed by atoms with Crippen LogP contribution in [0, 0.1) is 10.1 Å². The van der Waals surface area contributed by atoms with E-state index in [0.29, 0.717) is 0 Å². The summed E-state index contributed by atoms with van der Waals surface area (Å²) in [7, 11) is 0. The van der Waals surface area contributed by atoms with Gasteiger partial charge >= 0.3 is 5.82 Å². The third-order valence-corrected chi connectivity index (χ3v) is 1.25. The number of nitro groups is 1. The summed E-state index contributed by atoms with van der Waals surface area (Å²) in [4.78, 5) is 12.9. The van der Waals surface area contributed by atoms with Gasteiger partial charge in [-0.25, -0.2) is 0 Å². The summed E-state index contributed by atoms with van der Waals surface area (Å²) in [6.45, 7) is 0. The molecule has 0 unspecified atom stereocenters. The van der Waals surface area contributed by atoms with E-state index in [-0.39, 0.29) is 5.82 Å². The Bertz CT molecular complexity index is 233. The van der Waals surface area contributed by atoms with E-state index in [2.05, 4.69) is 4.98 Å². The van der Waals surface area contributed by atoms with Gasteiger partial charge in [0, 0.05) is 0 Å². The largest absolute Gasteiger partial charge is 0.382 e. The first kappa shape index (κ1) is 6.46. The fourth-order valence-electron chi connectivity index (χ4n) is 0.386. The molecule has 0 radical (unpaired) electrons. The second-order valence-electron chi connectivity index (χ2n) is 1.33. The average Bonchev–Trinajstić information content (AvgIpc) is 2.14. The van der Waals surface area contributed by atoms with Gasteiger partial charge in [-0.3, -0.25) is 2.78 Å². The predicted octanol–water partition coefficient (Wildman–Crippen LogP) is 0.989. The number of hydrogen-bond donors (Lipinski definition) is 0. The Morgan fingerprint density at radius 1 is 1.89 bits per heavy atom. The molecule has 6 heteroatoms. The van der Waals surface area contributed by atoms with E-state index in [1.807, 2.05) is 22.9 Å². The number of rotatable bonds is 1. The molecule has 1 heterocycles. The molecule has 1 rings (SSSR count). The molecule has 5 nitrogen and oxygen atoms in total. The lowest BCUT2D eigenvalue weighted by Gasteiger charge is -1.82. The van der Waals surface area contributed by atoms with Crippen molar-refractivity contribution in [2.24, 2.45) is 0 Å². The Hall–Kier alpha value is -0.660. The molecule has 0 amide bonds. The fraction of sp³-hybridized carbons (Fsp3) is 0. The van der Waals surface area contributed by atoms with Gasteiger partial charge in [0.15, 0.2) is 0 Å². The number of nitrogens with zero attached hydrogens (tertiary/aromatic N) is 3. The Labute approximate surface area is 64.3 Å². The second-order valence-corrected chi connectivity index (χ2v) is 2.45. The molecule has 0 spiro atoms. The quantitative estimate of drug-likeness (QED) is 0.417. The Morgan fingerprint density at radius 3 is 2.78 bits per heavy atom. The smallest absolute Gasteiger partial charge is 0.358 e. The first-order valence-electron chi connectivity index (χ1n) is 2.04. The SMILES string of the molecule is O=[N+]([O-])c1cn(I)cn1. The highest BCUT2D eigenvalue weighted by atomic mass is 127. The van der Waals surface area contributed by atoms with Crippen molar-refractivity contribution >= 4 is 28.7 Å². The van der Waals surface area contributed by atoms with Crippen molar-refractivity contribution < 1.29 is 4.92 Å². The molecule has 0 fully saturated rings. The van der Waals surface area contributed by atoms with Crippen molar-refractivity contribution in [3.05, 3.63) is 22.6 Å². The maximum atomic E-state index is 9.94. The molecule has 0 aliphatic rings. The van der Waals surface area contributed by atoms with Crippen molar-refractivity contribution in [2.45, 2.75) is 0 Å². The van der Waals surface area contributed by atoms with E-state index in [0.717, 1.165) is 0 Å². The van der Waals surface area contributed by atoms with Crippen molar-refractivity contribution in [2.75, 3.05) is 0 Å². The van der Waals surface area contributed by atoms with Crippen molar-refractivity contribution in [3.8, 4) is 0 Å². The molecule has 0 aliphatic heterocycles. The van der Waals surface area contributed by atoms with Crippen LogP contribution in [-0.2, 0) is 0 Å². The zero-order valence-corrected chi connectivity index (χ0v) is 6.35. The lowest BCUT2D eigenvalue weighted by molar-refractivity contribution is -0.389. The number of hydrogen-bond acceptors (Lipinski definition) is 3. The van der Waals surface area contributed by atoms with Gasteiger partial charge in [-0.2, -0.15) is 0 Å². The minimum Gasteiger partial charge on any atom is -0.358 e. The normalized spacial score (nSPS) is 9.44. The van der Waals surface area contributed by atoms with Crippen LogP contribution in [0.4, 0.5) is 5.82 Å². The van der Waals surface area contributed by atoms with Crippen LogP contribution in [0.1, 0.15) is 0 Å². The van der Waals surface area contributed by atoms with Crippen molar-refractivity contribution in [1.29, 1.82) is 0 Å². The molecule has 0 saturated heterocycles. The molecular formula is C3H2IN3O2. The summed E-state index contributed by atoms with van der Waals surface area (Å²) in [5, 5.41) is 9.94. The average molecular weight is 239 g/mol. The first-order chi connectivity index (χ1) is 4.20. The summed E-state index contributed by atoms with van der Waals surface area (Å²) in [6.07, 6.45) is 2.71. The zero-order valence-electron chi connectivity index (χ0n) is 4.19. The number of imidazole rings is 1. The Morgan fingerprint density at radius 2 is 2.56 bits per heavy atom. The molecule has 0 bridgehead atoms. The van der Waals surface area contributed by atoms with Crippen LogP contribution in [-0.4, -0.2) is 12.7 Å². The molecule has 0 atom stereocenters. The van der Waals surface area contributed by atoms with Crippen LogP contribution in [0.2, 0.25) is 0 Å². The lowest BCUT2D eigenvalue weighted by Crippen LogP contribution is -1.85. The second kappa shape index (κ2) is 2.29. The molecule has 1 aromatic heterocycles. The minimum absolute atomic E-state index is 0.121. The zero-order chi connectivity index (χ0) is 6.85. The van der Waals surface area contributed by atoms with Crippen LogP contribution < -0.4 is 0 Å². The van der Waals surface area contributed by atoms with Crippen molar-refractivity contribution in [3.63, 3.8) is 0 Å². The van der Waals surface area contributed by atoms with Gasteiger partial charge in [-0.15, -0.1) is 0 Å². The molecule has 1 aromatic rings. The highest BCUT2D eigenvalue weighted by Crippen LogP contribution is 2.06. The van der Waals surface area contributed by atoms with E-state index in [9.17, 15) is 10.1 Å². The van der Waals surface area contributed by atoms with Crippen molar-refractivity contribution in [1.82, 2.24) is 7.76 Å². The maximum Gasteiger partial charge on any atom is 0.382 e. The van der Waals surface area contributed by atoms with Crippen LogP contribution in [0.25, 0.3) is 0 Å². The summed E-state index contributed by atoms with van der Waals surface area (Å²) in [5.41, 5.74) is 0. The third kappa shape index (κ3) is 1.37. The minimum atomic E-state index is -0.533. The summed E-state index contributed by atoms with van der Waals surface area (Å²) in [5.74, 6) is -0.121. The standard InChI is InChI=1S/C3H2IN3O2/c4-6-1-3(5-2-6)7(8)9/h1-2H. The van der Waals surface area contributed by atoms with Crippen LogP contribution >= 0.6 is 22.9 Å². The molecule has 0 aliphatic carbocycles. The highest BCUT2D eigenvalue weighted by molar-refractivity contribution is 14.1. The summed E-state index contributed by atoms with van der Waals surface area (Å²) in [6, 6.07) is 0. The van der Waals surface area contributed by atoms with E-state index < -0.39 is 4.92 Å². The maximum absolute atomic E-state index is 9.94. The topological polar surface area (TPSA) is 61.0 Å². The van der Waals surface area contributed by atoms with E-state index in [4.69, 9.17) is 0 Å². The summed E-state index contributed by atoms with van der Waals surface area (Å²) >= 11 is 1.88. The van der Waals surface area contributed by atoms with Gasteiger partial charge in [0.05, 0.1) is 22.9 Å². The Balaban J connectivity index is 2.98. The molecular weight excluding hydrogens is 237 g/mol. The third-order valence-electron chi connectivity index (χ3n) is 0.726. The monoisotopic (exact) mass is 239 g/mol. The van der Waals surface area contributed by atoms with E-state index >= 15 is 0 Å². The van der Waals surface area contributed by atoms with Crippen LogP contribution in [0.5, 0.6) is 0 Å². The predicted molar refractivity (Wildman–Crippen MR) is 38.3 cm³/mol. The van der Waals surface area contributed by atoms with E-state index in [1.54, 1.807) is 0 Å². The van der Waals surface area contributed by atoms with Gasteiger partial charge in [-0.1, -0.05) is 0 Å².